The lowest BCUT2D eigenvalue weighted by atomic mass is 10.2. The highest BCUT2D eigenvalue weighted by molar-refractivity contribution is 5.91. The molecule has 1 aromatic carbocycles. The fraction of sp³-hybridized carbons (Fsp3) is 0.500. The van der Waals surface area contributed by atoms with E-state index in [0.29, 0.717) is 25.5 Å². The number of quaternary nitrogens is 1. The largest absolute Gasteiger partial charge is 0.486 e. The van der Waals surface area contributed by atoms with Crippen molar-refractivity contribution in [2.24, 2.45) is 0 Å². The van der Waals surface area contributed by atoms with Gasteiger partial charge in [-0.15, -0.1) is 0 Å². The first-order chi connectivity index (χ1) is 9.81. The topological polar surface area (TPSA) is 61.2 Å². The van der Waals surface area contributed by atoms with Crippen molar-refractivity contribution in [3.8, 4) is 11.5 Å². The molecular formula is C14H19N2O4+. The minimum absolute atomic E-state index is 0.0126. The zero-order valence-corrected chi connectivity index (χ0v) is 11.3. The van der Waals surface area contributed by atoms with Gasteiger partial charge in [-0.25, -0.2) is 0 Å². The van der Waals surface area contributed by atoms with E-state index in [1.165, 1.54) is 4.90 Å². The number of nitrogens with one attached hydrogen (secondary N) is 2. The second kappa shape index (κ2) is 6.11. The average Bonchev–Trinajstić information content (AvgIpc) is 2.48. The summed E-state index contributed by atoms with van der Waals surface area (Å²) in [7, 11) is 0. The SMILES string of the molecule is O=C(C[NH+]1CCOCC1)Nc1ccc2c(c1)OCCO2. The number of benzene rings is 1. The van der Waals surface area contributed by atoms with Crippen molar-refractivity contribution in [3.05, 3.63) is 18.2 Å². The molecule has 0 aliphatic carbocycles. The molecule has 2 heterocycles. The number of fused-ring (bicyclic) bond motifs is 1. The van der Waals surface area contributed by atoms with E-state index < -0.39 is 0 Å². The van der Waals surface area contributed by atoms with Crippen LogP contribution >= 0.6 is 0 Å². The molecule has 0 unspecified atom stereocenters. The molecule has 0 spiro atoms. The van der Waals surface area contributed by atoms with Crippen LogP contribution in [-0.4, -0.2) is 52.0 Å². The number of morpholine rings is 1. The summed E-state index contributed by atoms with van der Waals surface area (Å²) in [4.78, 5) is 13.3. The molecule has 0 radical (unpaired) electrons. The third kappa shape index (κ3) is 3.20. The van der Waals surface area contributed by atoms with Crippen LogP contribution in [0.4, 0.5) is 5.69 Å². The summed E-state index contributed by atoms with van der Waals surface area (Å²) >= 11 is 0. The molecule has 0 saturated carbocycles. The minimum atomic E-state index is 0.0126. The molecule has 108 valence electrons. The number of hydrogen-bond acceptors (Lipinski definition) is 4. The number of amides is 1. The fourth-order valence-electron chi connectivity index (χ4n) is 2.39. The molecule has 1 saturated heterocycles. The number of ether oxygens (including phenoxy) is 3. The first-order valence-electron chi connectivity index (χ1n) is 6.92. The molecule has 2 aliphatic rings. The Labute approximate surface area is 117 Å². The van der Waals surface area contributed by atoms with Gasteiger partial charge in [-0.3, -0.25) is 4.79 Å². The van der Waals surface area contributed by atoms with E-state index in [-0.39, 0.29) is 5.91 Å². The maximum Gasteiger partial charge on any atom is 0.279 e. The molecule has 0 atom stereocenters. The Morgan fingerprint density at radius 2 is 1.85 bits per heavy atom. The highest BCUT2D eigenvalue weighted by Crippen LogP contribution is 2.32. The summed E-state index contributed by atoms with van der Waals surface area (Å²) < 4.78 is 16.2. The summed E-state index contributed by atoms with van der Waals surface area (Å²) in [5.41, 5.74) is 0.743. The second-order valence-electron chi connectivity index (χ2n) is 4.95. The molecule has 0 aromatic heterocycles. The van der Waals surface area contributed by atoms with E-state index in [1.807, 2.05) is 12.1 Å². The lowest BCUT2D eigenvalue weighted by Crippen LogP contribution is -3.15. The number of anilines is 1. The van der Waals surface area contributed by atoms with Gasteiger partial charge in [0.2, 0.25) is 0 Å². The van der Waals surface area contributed by atoms with Crippen molar-refractivity contribution in [2.45, 2.75) is 0 Å². The van der Waals surface area contributed by atoms with Crippen molar-refractivity contribution < 1.29 is 23.9 Å². The van der Waals surface area contributed by atoms with Gasteiger partial charge in [-0.1, -0.05) is 0 Å². The predicted octanol–water partition coefficient (Wildman–Crippen LogP) is -0.689. The summed E-state index contributed by atoms with van der Waals surface area (Å²) in [6, 6.07) is 5.47. The van der Waals surface area contributed by atoms with E-state index in [1.54, 1.807) is 6.07 Å². The van der Waals surface area contributed by atoms with Crippen LogP contribution in [0.2, 0.25) is 0 Å². The molecule has 0 bridgehead atoms. The zero-order valence-electron chi connectivity index (χ0n) is 11.3. The molecule has 20 heavy (non-hydrogen) atoms. The first-order valence-corrected chi connectivity index (χ1v) is 6.92. The van der Waals surface area contributed by atoms with E-state index in [0.717, 1.165) is 37.7 Å². The fourth-order valence-corrected chi connectivity index (χ4v) is 2.39. The van der Waals surface area contributed by atoms with Gasteiger partial charge in [0, 0.05) is 11.8 Å². The summed E-state index contributed by atoms with van der Waals surface area (Å²) in [5.74, 6) is 1.43. The predicted molar refractivity (Wildman–Crippen MR) is 72.4 cm³/mol. The van der Waals surface area contributed by atoms with Crippen LogP contribution in [0.1, 0.15) is 0 Å². The molecule has 2 N–H and O–H groups in total. The van der Waals surface area contributed by atoms with E-state index in [2.05, 4.69) is 5.32 Å². The molecule has 1 fully saturated rings. The number of hydrogen-bond donors (Lipinski definition) is 2. The van der Waals surface area contributed by atoms with Gasteiger partial charge < -0.3 is 24.4 Å². The molecule has 2 aliphatic heterocycles. The summed E-state index contributed by atoms with van der Waals surface area (Å²) in [6.45, 7) is 4.81. The van der Waals surface area contributed by atoms with Crippen molar-refractivity contribution in [3.63, 3.8) is 0 Å². The normalized spacial score (nSPS) is 18.6. The molecule has 1 aromatic rings. The Kier molecular flexibility index (Phi) is 4.03. The van der Waals surface area contributed by atoms with Gasteiger partial charge in [-0.2, -0.15) is 0 Å². The van der Waals surface area contributed by atoms with Crippen molar-refractivity contribution in [1.82, 2.24) is 0 Å². The molecule has 1 amide bonds. The molecular weight excluding hydrogens is 260 g/mol. The molecule has 3 rings (SSSR count). The van der Waals surface area contributed by atoms with Gasteiger partial charge in [0.25, 0.3) is 5.91 Å². The van der Waals surface area contributed by atoms with Crippen molar-refractivity contribution in [2.75, 3.05) is 51.4 Å². The standard InChI is InChI=1S/C14H18N2O4/c17-14(10-16-3-5-18-6-4-16)15-11-1-2-12-13(9-11)20-8-7-19-12/h1-2,9H,3-8,10H2,(H,15,17)/p+1. The van der Waals surface area contributed by atoms with Crippen molar-refractivity contribution >= 4 is 11.6 Å². The first kappa shape index (κ1) is 13.2. The Balaban J connectivity index is 1.58. The molecule has 6 nitrogen and oxygen atoms in total. The molecule has 6 heteroatoms. The summed E-state index contributed by atoms with van der Waals surface area (Å²) in [5, 5.41) is 2.90. The summed E-state index contributed by atoms with van der Waals surface area (Å²) in [6.07, 6.45) is 0. The monoisotopic (exact) mass is 279 g/mol. The third-order valence-electron chi connectivity index (χ3n) is 3.44. The van der Waals surface area contributed by atoms with Gasteiger partial charge in [0.05, 0.1) is 13.2 Å². The van der Waals surface area contributed by atoms with E-state index in [9.17, 15) is 4.79 Å². The Bertz CT molecular complexity index is 486. The maximum absolute atomic E-state index is 12.0. The van der Waals surface area contributed by atoms with Crippen LogP contribution in [0.15, 0.2) is 18.2 Å². The van der Waals surface area contributed by atoms with Gasteiger partial charge in [0.15, 0.2) is 18.0 Å². The Hall–Kier alpha value is -1.79. The highest BCUT2D eigenvalue weighted by atomic mass is 16.6. The zero-order chi connectivity index (χ0) is 13.8. The maximum atomic E-state index is 12.0. The van der Waals surface area contributed by atoms with Crippen LogP contribution in [-0.2, 0) is 9.53 Å². The van der Waals surface area contributed by atoms with Gasteiger partial charge in [0.1, 0.15) is 26.3 Å². The lowest BCUT2D eigenvalue weighted by Gasteiger charge is -2.23. The highest BCUT2D eigenvalue weighted by Gasteiger charge is 2.18. The van der Waals surface area contributed by atoms with Gasteiger partial charge in [-0.05, 0) is 12.1 Å². The minimum Gasteiger partial charge on any atom is -0.486 e. The van der Waals surface area contributed by atoms with E-state index >= 15 is 0 Å². The Morgan fingerprint density at radius 3 is 2.65 bits per heavy atom. The van der Waals surface area contributed by atoms with Crippen LogP contribution in [0.3, 0.4) is 0 Å². The number of rotatable bonds is 3. The lowest BCUT2D eigenvalue weighted by molar-refractivity contribution is -0.899. The second-order valence-corrected chi connectivity index (χ2v) is 4.95. The Morgan fingerprint density at radius 1 is 1.10 bits per heavy atom. The number of carbonyl (C=O) groups is 1. The van der Waals surface area contributed by atoms with Crippen molar-refractivity contribution in [1.29, 1.82) is 0 Å². The average molecular weight is 279 g/mol. The third-order valence-corrected chi connectivity index (χ3v) is 3.44. The smallest absolute Gasteiger partial charge is 0.279 e. The van der Waals surface area contributed by atoms with Crippen LogP contribution in [0.25, 0.3) is 0 Å². The quantitative estimate of drug-likeness (QED) is 0.769. The van der Waals surface area contributed by atoms with Gasteiger partial charge >= 0.3 is 0 Å². The van der Waals surface area contributed by atoms with E-state index in [4.69, 9.17) is 14.2 Å². The van der Waals surface area contributed by atoms with Crippen LogP contribution < -0.4 is 19.7 Å². The number of carbonyl (C=O) groups excluding carboxylic acids is 1. The van der Waals surface area contributed by atoms with Crippen LogP contribution in [0.5, 0.6) is 11.5 Å². The van der Waals surface area contributed by atoms with Crippen LogP contribution in [0, 0.1) is 0 Å².